The molecule has 0 radical (unpaired) electrons. The molecule has 0 saturated carbocycles. The molecule has 1 rings (SSSR count). The maximum absolute atomic E-state index is 11.0. The molecule has 0 spiro atoms. The van der Waals surface area contributed by atoms with Crippen molar-refractivity contribution in [2.75, 3.05) is 0 Å². The van der Waals surface area contributed by atoms with Crippen LogP contribution in [0.5, 0.6) is 0 Å². The van der Waals surface area contributed by atoms with E-state index in [9.17, 15) is 4.79 Å². The Labute approximate surface area is 155 Å². The predicted octanol–water partition coefficient (Wildman–Crippen LogP) is 6.71. The van der Waals surface area contributed by atoms with Gasteiger partial charge in [-0.1, -0.05) is 34.9 Å². The van der Waals surface area contributed by atoms with Crippen LogP contribution in [0.1, 0.15) is 92.9 Å². The van der Waals surface area contributed by atoms with E-state index in [0.717, 1.165) is 44.9 Å². The zero-order valence-electron chi connectivity index (χ0n) is 17.3. The van der Waals surface area contributed by atoms with E-state index < -0.39 is 0 Å². The molecular formula is C23H38O2. The van der Waals surface area contributed by atoms with Gasteiger partial charge in [0.05, 0.1) is 11.7 Å². The van der Waals surface area contributed by atoms with Gasteiger partial charge in [0, 0.05) is 6.42 Å². The molecule has 1 fully saturated rings. The molecule has 2 heteroatoms. The smallest absolute Gasteiger partial charge is 0.130 e. The number of carbonyl (C=O) groups excluding carboxylic acids is 1. The molecule has 0 aliphatic carbocycles. The Hall–Kier alpha value is -1.15. The lowest BCUT2D eigenvalue weighted by Crippen LogP contribution is -2.09. The maximum atomic E-state index is 11.0. The largest absolute Gasteiger partial charge is 0.366 e. The zero-order chi connectivity index (χ0) is 18.9. The summed E-state index contributed by atoms with van der Waals surface area (Å²) in [6.45, 7) is 12.6. The van der Waals surface area contributed by atoms with E-state index in [1.54, 1.807) is 6.92 Å². The summed E-state index contributed by atoms with van der Waals surface area (Å²) >= 11 is 0. The second-order valence-corrected chi connectivity index (χ2v) is 8.16. The van der Waals surface area contributed by atoms with Gasteiger partial charge in [-0.2, -0.15) is 0 Å². The third-order valence-electron chi connectivity index (χ3n) is 5.05. The van der Waals surface area contributed by atoms with Gasteiger partial charge in [0.2, 0.25) is 0 Å². The number of carbonyl (C=O) groups is 1. The van der Waals surface area contributed by atoms with Crippen LogP contribution in [0, 0.1) is 0 Å². The van der Waals surface area contributed by atoms with Gasteiger partial charge < -0.3 is 9.53 Å². The van der Waals surface area contributed by atoms with Gasteiger partial charge in [0.15, 0.2) is 0 Å². The lowest BCUT2D eigenvalue weighted by atomic mass is 9.96. The number of ether oxygens (including phenoxy) is 1. The quantitative estimate of drug-likeness (QED) is 0.290. The van der Waals surface area contributed by atoms with Crippen LogP contribution in [-0.4, -0.2) is 17.5 Å². The van der Waals surface area contributed by atoms with Crippen molar-refractivity contribution < 1.29 is 9.53 Å². The van der Waals surface area contributed by atoms with Crippen LogP contribution in [0.2, 0.25) is 0 Å². The number of ketones is 1. The second kappa shape index (κ2) is 10.8. The highest BCUT2D eigenvalue weighted by Gasteiger charge is 2.50. The van der Waals surface area contributed by atoms with E-state index in [2.05, 4.69) is 52.8 Å². The van der Waals surface area contributed by atoms with Crippen LogP contribution in [-0.2, 0) is 9.53 Å². The number of hydrogen-bond acceptors (Lipinski definition) is 2. The van der Waals surface area contributed by atoms with Crippen molar-refractivity contribution in [2.45, 2.75) is 105 Å². The highest BCUT2D eigenvalue weighted by atomic mass is 16.6. The second-order valence-electron chi connectivity index (χ2n) is 8.16. The summed E-state index contributed by atoms with van der Waals surface area (Å²) in [6, 6.07) is 0. The van der Waals surface area contributed by atoms with Crippen molar-refractivity contribution in [2.24, 2.45) is 0 Å². The SMILES string of the molecule is CC(=O)CCC=C(C)CCC1OC1(C)CC/C=C(\C)CCC=C(C)C. The van der Waals surface area contributed by atoms with Crippen LogP contribution in [0.3, 0.4) is 0 Å². The van der Waals surface area contributed by atoms with Crippen LogP contribution in [0.25, 0.3) is 0 Å². The zero-order valence-corrected chi connectivity index (χ0v) is 17.3. The first-order valence-corrected chi connectivity index (χ1v) is 9.85. The Morgan fingerprint density at radius 1 is 0.880 bits per heavy atom. The van der Waals surface area contributed by atoms with Gasteiger partial charge in [0.1, 0.15) is 5.78 Å². The van der Waals surface area contributed by atoms with Crippen molar-refractivity contribution in [3.8, 4) is 0 Å². The maximum Gasteiger partial charge on any atom is 0.130 e. The Bertz CT molecular complexity index is 520. The average Bonchev–Trinajstić information content (AvgIpc) is 3.15. The molecule has 25 heavy (non-hydrogen) atoms. The van der Waals surface area contributed by atoms with Crippen LogP contribution < -0.4 is 0 Å². The van der Waals surface area contributed by atoms with Crippen LogP contribution >= 0.6 is 0 Å². The summed E-state index contributed by atoms with van der Waals surface area (Å²) in [7, 11) is 0. The molecule has 0 aromatic heterocycles. The summed E-state index contributed by atoms with van der Waals surface area (Å²) in [4.78, 5) is 11.0. The molecule has 1 heterocycles. The Morgan fingerprint density at radius 3 is 2.12 bits per heavy atom. The standard InChI is InChI=1S/C23H38O2/c1-18(2)10-7-11-19(3)13-9-17-23(6)22(25-23)16-15-20(4)12-8-14-21(5)24/h10,12-13,22H,7-9,11,14-17H2,1-6H3/b19-13+,20-12?. The summed E-state index contributed by atoms with van der Waals surface area (Å²) in [6.07, 6.45) is 15.6. The summed E-state index contributed by atoms with van der Waals surface area (Å²) < 4.78 is 5.97. The normalized spacial score (nSPS) is 23.5. The fourth-order valence-corrected chi connectivity index (χ4v) is 3.15. The molecule has 0 aromatic carbocycles. The van der Waals surface area contributed by atoms with Crippen molar-refractivity contribution in [3.63, 3.8) is 0 Å². The Kier molecular flexibility index (Phi) is 9.42. The van der Waals surface area contributed by atoms with E-state index in [-0.39, 0.29) is 11.4 Å². The molecule has 2 unspecified atom stereocenters. The van der Waals surface area contributed by atoms with E-state index >= 15 is 0 Å². The van der Waals surface area contributed by atoms with Gasteiger partial charge in [-0.25, -0.2) is 0 Å². The van der Waals surface area contributed by atoms with Gasteiger partial charge in [0.25, 0.3) is 0 Å². The Morgan fingerprint density at radius 2 is 1.48 bits per heavy atom. The van der Waals surface area contributed by atoms with E-state index in [1.807, 2.05) is 0 Å². The van der Waals surface area contributed by atoms with E-state index in [1.165, 1.54) is 16.7 Å². The topological polar surface area (TPSA) is 29.6 Å². The number of rotatable bonds is 12. The van der Waals surface area contributed by atoms with Gasteiger partial charge in [-0.15, -0.1) is 0 Å². The molecular weight excluding hydrogens is 308 g/mol. The van der Waals surface area contributed by atoms with Crippen LogP contribution in [0.15, 0.2) is 34.9 Å². The minimum absolute atomic E-state index is 0.0797. The molecule has 142 valence electrons. The van der Waals surface area contributed by atoms with Crippen LogP contribution in [0.4, 0.5) is 0 Å². The van der Waals surface area contributed by atoms with Crippen molar-refractivity contribution in [1.82, 2.24) is 0 Å². The summed E-state index contributed by atoms with van der Waals surface area (Å²) in [5.41, 5.74) is 4.35. The highest BCUT2D eigenvalue weighted by molar-refractivity contribution is 5.75. The summed E-state index contributed by atoms with van der Waals surface area (Å²) in [5.74, 6) is 0.270. The minimum Gasteiger partial charge on any atom is -0.366 e. The summed E-state index contributed by atoms with van der Waals surface area (Å²) in [5, 5.41) is 0. The van der Waals surface area contributed by atoms with Gasteiger partial charge >= 0.3 is 0 Å². The molecule has 1 saturated heterocycles. The van der Waals surface area contributed by atoms with Crippen molar-refractivity contribution in [3.05, 3.63) is 34.9 Å². The average molecular weight is 347 g/mol. The number of epoxide rings is 1. The fraction of sp³-hybridized carbons (Fsp3) is 0.696. The third kappa shape index (κ3) is 9.79. The lowest BCUT2D eigenvalue weighted by molar-refractivity contribution is -0.116. The first-order valence-electron chi connectivity index (χ1n) is 9.85. The van der Waals surface area contributed by atoms with E-state index in [0.29, 0.717) is 12.5 Å². The fourth-order valence-electron chi connectivity index (χ4n) is 3.15. The molecule has 0 N–H and O–H groups in total. The molecule has 1 aliphatic heterocycles. The highest BCUT2D eigenvalue weighted by Crippen LogP contribution is 2.43. The van der Waals surface area contributed by atoms with Gasteiger partial charge in [-0.05, 0) is 86.5 Å². The first kappa shape index (κ1) is 21.9. The van der Waals surface area contributed by atoms with E-state index in [4.69, 9.17) is 4.74 Å². The molecule has 0 aromatic rings. The number of allylic oxidation sites excluding steroid dienone is 6. The molecule has 2 nitrogen and oxygen atoms in total. The Balaban J connectivity index is 2.22. The third-order valence-corrected chi connectivity index (χ3v) is 5.05. The molecule has 1 aliphatic rings. The number of hydrogen-bond donors (Lipinski definition) is 0. The molecule has 0 bridgehead atoms. The van der Waals surface area contributed by atoms with Crippen molar-refractivity contribution >= 4 is 5.78 Å². The predicted molar refractivity (Wildman–Crippen MR) is 108 cm³/mol. The molecule has 2 atom stereocenters. The number of Topliss-reactive ketones (excluding diaryl/α,β-unsaturated/α-hetero) is 1. The van der Waals surface area contributed by atoms with Gasteiger partial charge in [-0.3, -0.25) is 0 Å². The first-order chi connectivity index (χ1) is 11.7. The molecule has 0 amide bonds. The minimum atomic E-state index is 0.0797. The lowest BCUT2D eigenvalue weighted by Gasteiger charge is -2.06. The monoisotopic (exact) mass is 346 g/mol. The van der Waals surface area contributed by atoms with Crippen molar-refractivity contribution in [1.29, 1.82) is 0 Å².